The Bertz CT molecular complexity index is 1350. The molecule has 2 aromatic carbocycles. The maximum atomic E-state index is 13.1. The van der Waals surface area contributed by atoms with Gasteiger partial charge in [-0.15, -0.1) is 0 Å². The first-order valence-electron chi connectivity index (χ1n) is 12.9. The van der Waals surface area contributed by atoms with Crippen molar-refractivity contribution in [3.8, 4) is 0 Å². The highest BCUT2D eigenvalue weighted by Crippen LogP contribution is 2.27. The monoisotopic (exact) mass is 506 g/mol. The molecule has 1 aromatic heterocycles. The van der Waals surface area contributed by atoms with Crippen LogP contribution in [0.25, 0.3) is 10.9 Å². The van der Waals surface area contributed by atoms with Crippen molar-refractivity contribution in [2.24, 2.45) is 5.92 Å². The largest absolute Gasteiger partial charge is 0.356 e. The van der Waals surface area contributed by atoms with Crippen LogP contribution in [0.15, 0.2) is 59.5 Å². The lowest BCUT2D eigenvalue weighted by atomic mass is 9.97. The van der Waals surface area contributed by atoms with Crippen LogP contribution in [0.1, 0.15) is 43.2 Å². The molecule has 2 aliphatic rings. The van der Waals surface area contributed by atoms with Gasteiger partial charge in [-0.3, -0.25) is 4.79 Å². The van der Waals surface area contributed by atoms with Crippen LogP contribution in [-0.2, 0) is 21.4 Å². The van der Waals surface area contributed by atoms with Gasteiger partial charge in [0.05, 0.1) is 16.3 Å². The number of anilines is 1. The van der Waals surface area contributed by atoms with Gasteiger partial charge in [-0.1, -0.05) is 36.2 Å². The maximum Gasteiger partial charge on any atom is 0.243 e. The van der Waals surface area contributed by atoms with Gasteiger partial charge in [0.25, 0.3) is 0 Å². The van der Waals surface area contributed by atoms with Crippen molar-refractivity contribution in [1.82, 2.24) is 14.6 Å². The van der Waals surface area contributed by atoms with Gasteiger partial charge in [-0.05, 0) is 68.5 Å². The van der Waals surface area contributed by atoms with Gasteiger partial charge in [0.1, 0.15) is 5.82 Å². The molecule has 2 saturated heterocycles. The molecule has 2 aliphatic heterocycles. The second-order valence-corrected chi connectivity index (χ2v) is 11.9. The Kier molecular flexibility index (Phi) is 7.25. The van der Waals surface area contributed by atoms with E-state index in [0.717, 1.165) is 60.9 Å². The second kappa shape index (κ2) is 10.6. The number of nitrogens with one attached hydrogen (secondary N) is 1. The molecule has 1 atom stereocenters. The first kappa shape index (κ1) is 24.7. The summed E-state index contributed by atoms with van der Waals surface area (Å²) in [4.78, 5) is 20.2. The van der Waals surface area contributed by atoms with E-state index in [1.165, 1.54) is 5.56 Å². The van der Waals surface area contributed by atoms with Crippen molar-refractivity contribution in [3.63, 3.8) is 0 Å². The summed E-state index contributed by atoms with van der Waals surface area (Å²) in [5.74, 6) is 0.818. The van der Waals surface area contributed by atoms with Gasteiger partial charge in [0, 0.05) is 38.1 Å². The predicted molar refractivity (Wildman–Crippen MR) is 142 cm³/mol. The van der Waals surface area contributed by atoms with Crippen molar-refractivity contribution in [1.29, 1.82) is 0 Å². The minimum Gasteiger partial charge on any atom is -0.356 e. The molecule has 0 spiro atoms. The Hall–Kier alpha value is -2.97. The van der Waals surface area contributed by atoms with E-state index in [1.807, 2.05) is 24.3 Å². The number of pyridine rings is 1. The van der Waals surface area contributed by atoms with Crippen LogP contribution < -0.4 is 10.2 Å². The quantitative estimate of drug-likeness (QED) is 0.541. The van der Waals surface area contributed by atoms with Crippen LogP contribution in [0.4, 0.5) is 5.82 Å². The number of hydrogen-bond donors (Lipinski definition) is 1. The second-order valence-electron chi connectivity index (χ2n) is 9.98. The molecule has 0 aliphatic carbocycles. The molecule has 0 bridgehead atoms. The average molecular weight is 507 g/mol. The summed E-state index contributed by atoms with van der Waals surface area (Å²) in [6.07, 6.45) is 4.70. The summed E-state index contributed by atoms with van der Waals surface area (Å²) in [7, 11) is -3.48. The third-order valence-corrected chi connectivity index (χ3v) is 9.16. The summed E-state index contributed by atoms with van der Waals surface area (Å²) in [6, 6.07) is 17.3. The van der Waals surface area contributed by atoms with Crippen molar-refractivity contribution in [2.45, 2.75) is 50.5 Å². The lowest BCUT2D eigenvalue weighted by Crippen LogP contribution is -2.43. The lowest BCUT2D eigenvalue weighted by molar-refractivity contribution is -0.125. The van der Waals surface area contributed by atoms with E-state index in [9.17, 15) is 13.2 Å². The van der Waals surface area contributed by atoms with E-state index in [-0.39, 0.29) is 11.8 Å². The molecule has 5 rings (SSSR count). The minimum absolute atomic E-state index is 0.0783. The highest BCUT2D eigenvalue weighted by molar-refractivity contribution is 7.89. The van der Waals surface area contributed by atoms with E-state index in [1.54, 1.807) is 22.5 Å². The number of piperidine rings is 2. The Morgan fingerprint density at radius 1 is 1.00 bits per heavy atom. The standard InChI is InChI=1S/C28H34N4O3S/c1-21-7-5-8-22(17-21)19-29-28(33)24-9-6-14-31(20-24)27-13-10-23-18-25(11-12-26(23)30-27)36(34,35)32-15-3-2-4-16-32/h5,7-8,10-13,17-18,24H,2-4,6,9,14-16,19-20H2,1H3,(H,29,33). The molecule has 8 heteroatoms. The molecule has 190 valence electrons. The molecular weight excluding hydrogens is 472 g/mol. The molecule has 3 heterocycles. The molecule has 36 heavy (non-hydrogen) atoms. The molecule has 1 N–H and O–H groups in total. The van der Waals surface area contributed by atoms with Crippen LogP contribution in [0.2, 0.25) is 0 Å². The lowest BCUT2D eigenvalue weighted by Gasteiger charge is -2.33. The number of sulfonamides is 1. The minimum atomic E-state index is -3.48. The SMILES string of the molecule is Cc1cccc(CNC(=O)C2CCCN(c3ccc4cc(S(=O)(=O)N5CCCCC5)ccc4n3)C2)c1. The van der Waals surface area contributed by atoms with Gasteiger partial charge >= 0.3 is 0 Å². The molecule has 1 amide bonds. The maximum absolute atomic E-state index is 13.1. The predicted octanol–water partition coefficient (Wildman–Crippen LogP) is 4.25. The molecule has 7 nitrogen and oxygen atoms in total. The molecule has 2 fully saturated rings. The number of rotatable bonds is 6. The average Bonchev–Trinajstić information content (AvgIpc) is 2.91. The number of aryl methyl sites for hydroxylation is 1. The zero-order valence-electron chi connectivity index (χ0n) is 20.8. The highest BCUT2D eigenvalue weighted by atomic mass is 32.2. The fraction of sp³-hybridized carbons (Fsp3) is 0.429. The first-order valence-corrected chi connectivity index (χ1v) is 14.3. The zero-order chi connectivity index (χ0) is 25.1. The summed E-state index contributed by atoms with van der Waals surface area (Å²) in [5.41, 5.74) is 3.05. The van der Waals surface area contributed by atoms with Gasteiger partial charge in [0.2, 0.25) is 15.9 Å². The number of nitrogens with zero attached hydrogens (tertiary/aromatic N) is 3. The molecular formula is C28H34N4O3S. The number of carbonyl (C=O) groups excluding carboxylic acids is 1. The van der Waals surface area contributed by atoms with Crippen molar-refractivity contribution in [3.05, 3.63) is 65.7 Å². The zero-order valence-corrected chi connectivity index (χ0v) is 21.6. The Labute approximate surface area is 213 Å². The smallest absolute Gasteiger partial charge is 0.243 e. The topological polar surface area (TPSA) is 82.6 Å². The molecule has 3 aromatic rings. The number of amides is 1. The van der Waals surface area contributed by atoms with E-state index in [0.29, 0.717) is 31.1 Å². The van der Waals surface area contributed by atoms with Crippen molar-refractivity contribution < 1.29 is 13.2 Å². The highest BCUT2D eigenvalue weighted by Gasteiger charge is 2.28. The normalized spacial score (nSPS) is 19.4. The summed E-state index contributed by atoms with van der Waals surface area (Å²) >= 11 is 0. The number of benzene rings is 2. The number of aromatic nitrogens is 1. The van der Waals surface area contributed by atoms with Crippen LogP contribution in [0.5, 0.6) is 0 Å². The van der Waals surface area contributed by atoms with E-state index < -0.39 is 10.0 Å². The Morgan fingerprint density at radius 2 is 1.83 bits per heavy atom. The third kappa shape index (κ3) is 5.39. The van der Waals surface area contributed by atoms with Gasteiger partial charge in [-0.25, -0.2) is 13.4 Å². The van der Waals surface area contributed by atoms with Gasteiger partial charge in [-0.2, -0.15) is 4.31 Å². The fourth-order valence-corrected chi connectivity index (χ4v) is 6.79. The Balaban J connectivity index is 1.27. The van der Waals surface area contributed by atoms with Crippen LogP contribution >= 0.6 is 0 Å². The van der Waals surface area contributed by atoms with Gasteiger partial charge in [0.15, 0.2) is 0 Å². The fourth-order valence-electron chi connectivity index (χ4n) is 5.24. The summed E-state index contributed by atoms with van der Waals surface area (Å²) in [5, 5.41) is 3.90. The van der Waals surface area contributed by atoms with Crippen molar-refractivity contribution in [2.75, 3.05) is 31.1 Å². The summed E-state index contributed by atoms with van der Waals surface area (Å²) < 4.78 is 27.7. The summed E-state index contributed by atoms with van der Waals surface area (Å²) in [6.45, 7) is 5.24. The van der Waals surface area contributed by atoms with E-state index >= 15 is 0 Å². The molecule has 1 unspecified atom stereocenters. The van der Waals surface area contributed by atoms with Crippen LogP contribution in [0, 0.1) is 12.8 Å². The number of hydrogen-bond acceptors (Lipinski definition) is 5. The van der Waals surface area contributed by atoms with E-state index in [2.05, 4.69) is 29.3 Å². The number of fused-ring (bicyclic) bond motifs is 1. The molecule has 0 saturated carbocycles. The Morgan fingerprint density at radius 3 is 2.64 bits per heavy atom. The van der Waals surface area contributed by atoms with E-state index in [4.69, 9.17) is 4.98 Å². The van der Waals surface area contributed by atoms with Crippen LogP contribution in [-0.4, -0.2) is 49.8 Å². The van der Waals surface area contributed by atoms with Crippen LogP contribution in [0.3, 0.4) is 0 Å². The molecule has 0 radical (unpaired) electrons. The number of carbonyl (C=O) groups is 1. The first-order chi connectivity index (χ1) is 17.4. The van der Waals surface area contributed by atoms with Crippen molar-refractivity contribution >= 4 is 32.7 Å². The van der Waals surface area contributed by atoms with Gasteiger partial charge < -0.3 is 10.2 Å². The third-order valence-electron chi connectivity index (χ3n) is 7.26.